The summed E-state index contributed by atoms with van der Waals surface area (Å²) in [6.07, 6.45) is 0.119. The molecule has 27 heavy (non-hydrogen) atoms. The highest BCUT2D eigenvalue weighted by molar-refractivity contribution is 6.42. The Morgan fingerprint density at radius 3 is 2.26 bits per heavy atom. The molecule has 2 amide bonds. The summed E-state index contributed by atoms with van der Waals surface area (Å²) < 4.78 is 5.16. The molecule has 0 aromatic heterocycles. The van der Waals surface area contributed by atoms with Gasteiger partial charge in [-0.25, -0.2) is 0 Å². The monoisotopic (exact) mass is 408 g/mol. The summed E-state index contributed by atoms with van der Waals surface area (Å²) in [6, 6.07) is 11.8. The lowest BCUT2D eigenvalue weighted by Gasteiger charge is -2.28. The van der Waals surface area contributed by atoms with Crippen molar-refractivity contribution in [1.82, 2.24) is 10.2 Å². The van der Waals surface area contributed by atoms with Gasteiger partial charge in [-0.05, 0) is 42.3 Å². The average molecular weight is 409 g/mol. The number of hydrogen-bond acceptors (Lipinski definition) is 3. The van der Waals surface area contributed by atoms with Crippen molar-refractivity contribution in [3.63, 3.8) is 0 Å². The van der Waals surface area contributed by atoms with Crippen LogP contribution in [-0.2, 0) is 22.6 Å². The van der Waals surface area contributed by atoms with Crippen LogP contribution in [0.2, 0.25) is 10.0 Å². The van der Waals surface area contributed by atoms with Crippen LogP contribution in [0.3, 0.4) is 0 Å². The molecule has 0 aliphatic heterocycles. The van der Waals surface area contributed by atoms with Crippen LogP contribution in [0.5, 0.6) is 5.75 Å². The lowest BCUT2D eigenvalue weighted by atomic mass is 10.1. The van der Waals surface area contributed by atoms with Gasteiger partial charge in [0.2, 0.25) is 11.8 Å². The zero-order valence-corrected chi connectivity index (χ0v) is 17.0. The topological polar surface area (TPSA) is 58.6 Å². The van der Waals surface area contributed by atoms with Crippen molar-refractivity contribution < 1.29 is 14.3 Å². The molecule has 144 valence electrons. The van der Waals surface area contributed by atoms with Crippen LogP contribution in [0.4, 0.5) is 0 Å². The molecular formula is C20H22Cl2N2O3. The Labute approximate surface area is 169 Å². The van der Waals surface area contributed by atoms with E-state index in [-0.39, 0.29) is 18.2 Å². The largest absolute Gasteiger partial charge is 0.497 e. The maximum Gasteiger partial charge on any atom is 0.242 e. The molecule has 0 saturated carbocycles. The molecule has 0 bridgehead atoms. The van der Waals surface area contributed by atoms with Crippen LogP contribution in [0.25, 0.3) is 0 Å². The van der Waals surface area contributed by atoms with Gasteiger partial charge in [0.1, 0.15) is 11.8 Å². The molecule has 7 heteroatoms. The summed E-state index contributed by atoms with van der Waals surface area (Å²) in [5.74, 6) is 0.318. The van der Waals surface area contributed by atoms with E-state index in [2.05, 4.69) is 5.32 Å². The maximum atomic E-state index is 12.9. The van der Waals surface area contributed by atoms with Gasteiger partial charge in [0.25, 0.3) is 0 Å². The molecule has 2 rings (SSSR count). The molecule has 5 nitrogen and oxygen atoms in total. The van der Waals surface area contributed by atoms with Crippen molar-refractivity contribution in [2.45, 2.75) is 25.9 Å². The smallest absolute Gasteiger partial charge is 0.242 e. The fraction of sp³-hybridized carbons (Fsp3) is 0.300. The van der Waals surface area contributed by atoms with Gasteiger partial charge >= 0.3 is 0 Å². The number of carbonyl (C=O) groups is 2. The highest BCUT2D eigenvalue weighted by Crippen LogP contribution is 2.23. The quantitative estimate of drug-likeness (QED) is 0.759. The standard InChI is InChI=1S/C20H22Cl2N2O3/c1-13(20(26)23-2)24(12-14-4-7-16(27-3)8-5-14)19(25)11-15-6-9-17(21)18(22)10-15/h4-10,13H,11-12H2,1-3H3,(H,23,26)/t13-/m0/s1. The van der Waals surface area contributed by atoms with Crippen molar-refractivity contribution in [2.24, 2.45) is 0 Å². The zero-order valence-electron chi connectivity index (χ0n) is 15.5. The SMILES string of the molecule is CNC(=O)[C@H](C)N(Cc1ccc(OC)cc1)C(=O)Cc1ccc(Cl)c(Cl)c1. The van der Waals surface area contributed by atoms with Crippen molar-refractivity contribution in [3.05, 3.63) is 63.6 Å². The summed E-state index contributed by atoms with van der Waals surface area (Å²) in [5, 5.41) is 3.42. The van der Waals surface area contributed by atoms with E-state index < -0.39 is 6.04 Å². The number of rotatable bonds is 7. The molecule has 0 aliphatic carbocycles. The first kappa shape index (κ1) is 21.1. The Kier molecular flexibility index (Phi) is 7.51. The maximum absolute atomic E-state index is 12.9. The number of hydrogen-bond donors (Lipinski definition) is 1. The summed E-state index contributed by atoms with van der Waals surface area (Å²) in [4.78, 5) is 26.6. The molecule has 2 aromatic carbocycles. The van der Waals surface area contributed by atoms with E-state index in [9.17, 15) is 9.59 Å². The highest BCUT2D eigenvalue weighted by Gasteiger charge is 2.25. The first-order valence-corrected chi connectivity index (χ1v) is 9.19. The second-order valence-corrected chi connectivity index (χ2v) is 6.90. The van der Waals surface area contributed by atoms with Crippen LogP contribution in [0, 0.1) is 0 Å². The number of halogens is 2. The number of amides is 2. The summed E-state index contributed by atoms with van der Waals surface area (Å²) in [6.45, 7) is 2.01. The Morgan fingerprint density at radius 2 is 1.70 bits per heavy atom. The first-order valence-electron chi connectivity index (χ1n) is 8.43. The number of likely N-dealkylation sites (N-methyl/N-ethyl adjacent to an activating group) is 1. The number of benzene rings is 2. The molecule has 0 aliphatic rings. The Balaban J connectivity index is 2.22. The third kappa shape index (κ3) is 5.62. The predicted octanol–water partition coefficient (Wildman–Crippen LogP) is 3.71. The number of carbonyl (C=O) groups excluding carboxylic acids is 2. The Bertz CT molecular complexity index is 809. The van der Waals surface area contributed by atoms with Crippen LogP contribution >= 0.6 is 23.2 Å². The molecule has 0 saturated heterocycles. The van der Waals surface area contributed by atoms with Gasteiger partial charge < -0.3 is 15.0 Å². The van der Waals surface area contributed by atoms with Gasteiger partial charge in [-0.3, -0.25) is 9.59 Å². The number of nitrogens with zero attached hydrogens (tertiary/aromatic N) is 1. The number of nitrogens with one attached hydrogen (secondary N) is 1. The van der Waals surface area contributed by atoms with E-state index in [0.717, 1.165) is 16.9 Å². The van der Waals surface area contributed by atoms with E-state index >= 15 is 0 Å². The van der Waals surface area contributed by atoms with E-state index in [1.54, 1.807) is 44.2 Å². The molecule has 0 fully saturated rings. The molecule has 0 unspecified atom stereocenters. The molecule has 0 spiro atoms. The lowest BCUT2D eigenvalue weighted by Crippen LogP contribution is -2.47. The highest BCUT2D eigenvalue weighted by atomic mass is 35.5. The van der Waals surface area contributed by atoms with Crippen molar-refractivity contribution in [1.29, 1.82) is 0 Å². The van der Waals surface area contributed by atoms with Crippen LogP contribution in [0.1, 0.15) is 18.1 Å². The van der Waals surface area contributed by atoms with Gasteiger partial charge in [-0.2, -0.15) is 0 Å². The predicted molar refractivity (Wildman–Crippen MR) is 107 cm³/mol. The second-order valence-electron chi connectivity index (χ2n) is 6.09. The van der Waals surface area contributed by atoms with Gasteiger partial charge in [0, 0.05) is 13.6 Å². The Morgan fingerprint density at radius 1 is 1.07 bits per heavy atom. The minimum absolute atomic E-state index is 0.119. The fourth-order valence-electron chi connectivity index (χ4n) is 2.64. The second kappa shape index (κ2) is 9.62. The van der Waals surface area contributed by atoms with E-state index in [0.29, 0.717) is 16.6 Å². The zero-order chi connectivity index (χ0) is 20.0. The third-order valence-electron chi connectivity index (χ3n) is 4.27. The fourth-order valence-corrected chi connectivity index (χ4v) is 2.97. The summed E-state index contributed by atoms with van der Waals surface area (Å²) in [5.41, 5.74) is 1.63. The number of methoxy groups -OCH3 is 1. The molecule has 0 heterocycles. The number of ether oxygens (including phenoxy) is 1. The molecule has 1 atom stereocenters. The minimum atomic E-state index is -0.618. The Hall–Kier alpha value is -2.24. The molecular weight excluding hydrogens is 387 g/mol. The van der Waals surface area contributed by atoms with Crippen LogP contribution in [-0.4, -0.2) is 36.9 Å². The van der Waals surface area contributed by atoms with Gasteiger partial charge in [0.05, 0.1) is 23.6 Å². The van der Waals surface area contributed by atoms with Crippen molar-refractivity contribution in [3.8, 4) is 5.75 Å². The van der Waals surface area contributed by atoms with E-state index in [1.807, 2.05) is 24.3 Å². The summed E-state index contributed by atoms with van der Waals surface area (Å²) in [7, 11) is 3.14. The molecule has 2 aromatic rings. The average Bonchev–Trinajstić information content (AvgIpc) is 2.68. The normalized spacial score (nSPS) is 11.6. The van der Waals surface area contributed by atoms with Crippen LogP contribution < -0.4 is 10.1 Å². The summed E-state index contributed by atoms with van der Waals surface area (Å²) >= 11 is 12.0. The minimum Gasteiger partial charge on any atom is -0.497 e. The lowest BCUT2D eigenvalue weighted by molar-refractivity contribution is -0.139. The molecule has 0 radical (unpaired) electrons. The van der Waals surface area contributed by atoms with Gasteiger partial charge in [0.15, 0.2) is 0 Å². The first-order chi connectivity index (χ1) is 12.8. The third-order valence-corrected chi connectivity index (χ3v) is 5.00. The van der Waals surface area contributed by atoms with E-state index in [4.69, 9.17) is 27.9 Å². The van der Waals surface area contributed by atoms with Crippen molar-refractivity contribution in [2.75, 3.05) is 14.2 Å². The molecule has 1 N–H and O–H groups in total. The van der Waals surface area contributed by atoms with Crippen molar-refractivity contribution >= 4 is 35.0 Å². The van der Waals surface area contributed by atoms with Crippen LogP contribution in [0.15, 0.2) is 42.5 Å². The van der Waals surface area contributed by atoms with Gasteiger partial charge in [-0.15, -0.1) is 0 Å². The van der Waals surface area contributed by atoms with Gasteiger partial charge in [-0.1, -0.05) is 41.4 Å². The van der Waals surface area contributed by atoms with E-state index in [1.165, 1.54) is 0 Å².